The van der Waals surface area contributed by atoms with Crippen LogP contribution in [0.3, 0.4) is 0 Å². The zero-order valence-corrected chi connectivity index (χ0v) is 12.1. The average molecular weight is 289 g/mol. The SMILES string of the molecule is Cc1nonc1CC(=O)N1CCC[C@@H](Cn2ccnc2)C1. The summed E-state index contributed by atoms with van der Waals surface area (Å²) in [4.78, 5) is 18.4. The second-order valence-corrected chi connectivity index (χ2v) is 5.58. The van der Waals surface area contributed by atoms with Crippen molar-refractivity contribution in [2.75, 3.05) is 13.1 Å². The van der Waals surface area contributed by atoms with Crippen LogP contribution in [0.2, 0.25) is 0 Å². The van der Waals surface area contributed by atoms with Crippen molar-refractivity contribution < 1.29 is 9.42 Å². The fourth-order valence-corrected chi connectivity index (χ4v) is 2.80. The van der Waals surface area contributed by atoms with E-state index >= 15 is 0 Å². The van der Waals surface area contributed by atoms with E-state index in [2.05, 4.69) is 24.5 Å². The minimum atomic E-state index is 0.101. The van der Waals surface area contributed by atoms with E-state index in [1.807, 2.05) is 17.4 Å². The lowest BCUT2D eigenvalue weighted by Gasteiger charge is -2.32. The molecule has 0 unspecified atom stereocenters. The number of rotatable bonds is 4. The summed E-state index contributed by atoms with van der Waals surface area (Å²) in [7, 11) is 0. The van der Waals surface area contributed by atoms with E-state index in [-0.39, 0.29) is 12.3 Å². The predicted octanol–water partition coefficient (Wildman–Crippen LogP) is 1.06. The van der Waals surface area contributed by atoms with Gasteiger partial charge in [-0.15, -0.1) is 0 Å². The molecule has 7 heteroatoms. The Morgan fingerprint density at radius 2 is 2.38 bits per heavy atom. The second kappa shape index (κ2) is 6.07. The molecule has 1 aliphatic heterocycles. The fourth-order valence-electron chi connectivity index (χ4n) is 2.80. The molecule has 3 heterocycles. The highest BCUT2D eigenvalue weighted by molar-refractivity contribution is 5.78. The first-order valence-electron chi connectivity index (χ1n) is 7.24. The Labute approximate surface area is 122 Å². The number of hydrogen-bond donors (Lipinski definition) is 0. The van der Waals surface area contributed by atoms with Crippen LogP contribution in [0.25, 0.3) is 0 Å². The minimum Gasteiger partial charge on any atom is -0.342 e. The summed E-state index contributed by atoms with van der Waals surface area (Å²) >= 11 is 0. The van der Waals surface area contributed by atoms with E-state index in [1.54, 1.807) is 13.1 Å². The molecule has 0 N–H and O–H groups in total. The second-order valence-electron chi connectivity index (χ2n) is 5.58. The zero-order valence-electron chi connectivity index (χ0n) is 12.1. The third-order valence-electron chi connectivity index (χ3n) is 3.96. The Morgan fingerprint density at radius 3 is 3.10 bits per heavy atom. The minimum absolute atomic E-state index is 0.101. The van der Waals surface area contributed by atoms with Crippen LogP contribution in [-0.4, -0.2) is 43.8 Å². The van der Waals surface area contributed by atoms with Crippen molar-refractivity contribution in [1.82, 2.24) is 24.8 Å². The van der Waals surface area contributed by atoms with Gasteiger partial charge in [-0.1, -0.05) is 10.3 Å². The van der Waals surface area contributed by atoms with Crippen molar-refractivity contribution in [3.8, 4) is 0 Å². The van der Waals surface area contributed by atoms with Crippen molar-refractivity contribution in [2.45, 2.75) is 32.7 Å². The maximum atomic E-state index is 12.4. The number of imidazole rings is 1. The van der Waals surface area contributed by atoms with Crippen LogP contribution in [-0.2, 0) is 17.8 Å². The first-order valence-corrected chi connectivity index (χ1v) is 7.24. The average Bonchev–Trinajstić information content (AvgIpc) is 3.12. The number of likely N-dealkylation sites (tertiary alicyclic amines) is 1. The highest BCUT2D eigenvalue weighted by Gasteiger charge is 2.25. The number of amides is 1. The molecule has 2 aromatic heterocycles. The molecule has 1 amide bonds. The topological polar surface area (TPSA) is 77.0 Å². The summed E-state index contributed by atoms with van der Waals surface area (Å²) in [5, 5.41) is 7.50. The molecular formula is C14H19N5O2. The summed E-state index contributed by atoms with van der Waals surface area (Å²) in [6.07, 6.45) is 8.03. The maximum absolute atomic E-state index is 12.4. The molecular weight excluding hydrogens is 270 g/mol. The Hall–Kier alpha value is -2.18. The van der Waals surface area contributed by atoms with Crippen molar-refractivity contribution in [3.05, 3.63) is 30.1 Å². The summed E-state index contributed by atoms with van der Waals surface area (Å²) in [5.74, 6) is 0.581. The van der Waals surface area contributed by atoms with E-state index in [0.29, 0.717) is 17.3 Å². The Morgan fingerprint density at radius 1 is 1.48 bits per heavy atom. The smallest absolute Gasteiger partial charge is 0.228 e. The molecule has 0 aromatic carbocycles. The van der Waals surface area contributed by atoms with Gasteiger partial charge in [-0.25, -0.2) is 9.61 Å². The molecule has 0 saturated carbocycles. The Balaban J connectivity index is 1.57. The van der Waals surface area contributed by atoms with Gasteiger partial charge in [0, 0.05) is 32.0 Å². The van der Waals surface area contributed by atoms with Gasteiger partial charge in [0.15, 0.2) is 0 Å². The van der Waals surface area contributed by atoms with Gasteiger partial charge in [-0.2, -0.15) is 0 Å². The first-order chi connectivity index (χ1) is 10.2. The molecule has 0 bridgehead atoms. The molecule has 0 radical (unpaired) electrons. The summed E-state index contributed by atoms with van der Waals surface area (Å²) in [6.45, 7) is 4.33. The van der Waals surface area contributed by atoms with E-state index in [1.165, 1.54) is 0 Å². The molecule has 0 spiro atoms. The van der Waals surface area contributed by atoms with Gasteiger partial charge in [-0.05, 0) is 25.7 Å². The van der Waals surface area contributed by atoms with Crippen molar-refractivity contribution in [2.24, 2.45) is 5.92 Å². The van der Waals surface area contributed by atoms with Gasteiger partial charge in [0.05, 0.1) is 12.7 Å². The monoisotopic (exact) mass is 289 g/mol. The predicted molar refractivity (Wildman–Crippen MR) is 74.3 cm³/mol. The van der Waals surface area contributed by atoms with Crippen LogP contribution in [0.1, 0.15) is 24.2 Å². The standard InChI is InChI=1S/C14H19N5O2/c1-11-13(17-21-16-11)7-14(20)19-5-2-3-12(9-19)8-18-6-4-15-10-18/h4,6,10,12H,2-3,5,7-9H2,1H3/t12-/m0/s1. The van der Waals surface area contributed by atoms with Crippen LogP contribution >= 0.6 is 0 Å². The summed E-state index contributed by atoms with van der Waals surface area (Å²) in [5.41, 5.74) is 1.33. The van der Waals surface area contributed by atoms with Gasteiger partial charge >= 0.3 is 0 Å². The molecule has 1 atom stereocenters. The van der Waals surface area contributed by atoms with Crippen LogP contribution in [0.5, 0.6) is 0 Å². The molecule has 3 rings (SSSR count). The van der Waals surface area contributed by atoms with Gasteiger partial charge in [0.1, 0.15) is 11.4 Å². The molecule has 112 valence electrons. The Kier molecular flexibility index (Phi) is 3.98. The molecule has 7 nitrogen and oxygen atoms in total. The number of nitrogens with zero attached hydrogens (tertiary/aromatic N) is 5. The number of carbonyl (C=O) groups is 1. The highest BCUT2D eigenvalue weighted by atomic mass is 16.6. The largest absolute Gasteiger partial charge is 0.342 e. The van der Waals surface area contributed by atoms with Gasteiger partial charge < -0.3 is 9.47 Å². The lowest BCUT2D eigenvalue weighted by molar-refractivity contribution is -0.132. The molecule has 21 heavy (non-hydrogen) atoms. The normalized spacial score (nSPS) is 18.9. The van der Waals surface area contributed by atoms with E-state index in [4.69, 9.17) is 0 Å². The number of hydrogen-bond acceptors (Lipinski definition) is 5. The zero-order chi connectivity index (χ0) is 14.7. The summed E-state index contributed by atoms with van der Waals surface area (Å²) in [6, 6.07) is 0. The third kappa shape index (κ3) is 3.29. The van der Waals surface area contributed by atoms with Gasteiger partial charge in [-0.3, -0.25) is 4.79 Å². The quantitative estimate of drug-likeness (QED) is 0.841. The number of carbonyl (C=O) groups excluding carboxylic acids is 1. The molecule has 1 fully saturated rings. The number of aromatic nitrogens is 4. The van der Waals surface area contributed by atoms with Crippen molar-refractivity contribution in [3.63, 3.8) is 0 Å². The van der Waals surface area contributed by atoms with Crippen LogP contribution < -0.4 is 0 Å². The first kappa shape index (κ1) is 13.8. The third-order valence-corrected chi connectivity index (χ3v) is 3.96. The van der Waals surface area contributed by atoms with E-state index in [0.717, 1.165) is 32.5 Å². The number of aryl methyl sites for hydroxylation is 1. The highest BCUT2D eigenvalue weighted by Crippen LogP contribution is 2.19. The molecule has 0 aliphatic carbocycles. The lowest BCUT2D eigenvalue weighted by atomic mass is 9.97. The van der Waals surface area contributed by atoms with Crippen molar-refractivity contribution in [1.29, 1.82) is 0 Å². The molecule has 1 aliphatic rings. The molecule has 1 saturated heterocycles. The van der Waals surface area contributed by atoms with Crippen LogP contribution in [0, 0.1) is 12.8 Å². The number of piperidine rings is 1. The lowest BCUT2D eigenvalue weighted by Crippen LogP contribution is -2.41. The van der Waals surface area contributed by atoms with E-state index < -0.39 is 0 Å². The van der Waals surface area contributed by atoms with Gasteiger partial charge in [0.2, 0.25) is 5.91 Å². The summed E-state index contributed by atoms with van der Waals surface area (Å²) < 4.78 is 6.72. The molecule has 2 aromatic rings. The Bertz CT molecular complexity index is 592. The van der Waals surface area contributed by atoms with Crippen molar-refractivity contribution >= 4 is 5.91 Å². The fraction of sp³-hybridized carbons (Fsp3) is 0.571. The van der Waals surface area contributed by atoms with Gasteiger partial charge in [0.25, 0.3) is 0 Å². The maximum Gasteiger partial charge on any atom is 0.228 e. The van der Waals surface area contributed by atoms with E-state index in [9.17, 15) is 4.79 Å². The van der Waals surface area contributed by atoms with Crippen LogP contribution in [0.15, 0.2) is 23.4 Å². The van der Waals surface area contributed by atoms with Crippen LogP contribution in [0.4, 0.5) is 0 Å².